The van der Waals surface area contributed by atoms with Crippen LogP contribution in [0.25, 0.3) is 0 Å². The molecule has 2 aromatic heterocycles. The maximum absolute atomic E-state index is 12.4. The number of fused-ring (bicyclic) bond motifs is 1. The summed E-state index contributed by atoms with van der Waals surface area (Å²) in [7, 11) is 0. The summed E-state index contributed by atoms with van der Waals surface area (Å²) in [5, 5.41) is 4.61. The van der Waals surface area contributed by atoms with Crippen LogP contribution in [0.2, 0.25) is 5.15 Å². The molecular weight excluding hydrogens is 340 g/mol. The van der Waals surface area contributed by atoms with Gasteiger partial charge in [0.15, 0.2) is 0 Å². The van der Waals surface area contributed by atoms with Crippen molar-refractivity contribution in [2.24, 2.45) is 0 Å². The van der Waals surface area contributed by atoms with Crippen molar-refractivity contribution in [3.63, 3.8) is 0 Å². The molecule has 1 aliphatic rings. The summed E-state index contributed by atoms with van der Waals surface area (Å²) in [5.74, 6) is 0.771. The van der Waals surface area contributed by atoms with Crippen LogP contribution in [0, 0.1) is 0 Å². The summed E-state index contributed by atoms with van der Waals surface area (Å²) in [6, 6.07) is 15.0. The van der Waals surface area contributed by atoms with Gasteiger partial charge in [-0.05, 0) is 17.7 Å². The normalized spacial score (nSPS) is 12.9. The third-order valence-electron chi connectivity index (χ3n) is 4.06. The van der Waals surface area contributed by atoms with Gasteiger partial charge in [0.25, 0.3) is 0 Å². The van der Waals surface area contributed by atoms with E-state index in [9.17, 15) is 4.79 Å². The van der Waals surface area contributed by atoms with E-state index in [-0.39, 0.29) is 6.61 Å². The summed E-state index contributed by atoms with van der Waals surface area (Å²) in [6.07, 6.45) is 1.22. The Morgan fingerprint density at radius 1 is 1.12 bits per heavy atom. The van der Waals surface area contributed by atoms with E-state index in [0.29, 0.717) is 18.2 Å². The molecule has 0 radical (unpaired) electrons. The van der Waals surface area contributed by atoms with E-state index in [1.165, 1.54) is 4.68 Å². The molecule has 126 valence electrons. The Morgan fingerprint density at radius 2 is 1.96 bits per heavy atom. The van der Waals surface area contributed by atoms with E-state index in [0.717, 1.165) is 22.6 Å². The van der Waals surface area contributed by atoms with Gasteiger partial charge in [0.2, 0.25) is 0 Å². The van der Waals surface area contributed by atoms with E-state index >= 15 is 0 Å². The first-order chi connectivity index (χ1) is 12.2. The zero-order valence-electron chi connectivity index (χ0n) is 13.3. The number of aromatic nitrogens is 3. The van der Waals surface area contributed by atoms with Crippen LogP contribution in [0.5, 0.6) is 0 Å². The Morgan fingerprint density at radius 3 is 2.76 bits per heavy atom. The molecule has 0 saturated heterocycles. The molecule has 0 spiro atoms. The van der Waals surface area contributed by atoms with E-state index in [4.69, 9.17) is 16.3 Å². The van der Waals surface area contributed by atoms with Crippen LogP contribution in [0.1, 0.15) is 16.8 Å². The van der Waals surface area contributed by atoms with Crippen LogP contribution < -0.4 is 4.90 Å². The van der Waals surface area contributed by atoms with E-state index < -0.39 is 6.09 Å². The maximum atomic E-state index is 12.4. The van der Waals surface area contributed by atoms with Crippen molar-refractivity contribution >= 4 is 23.5 Å². The monoisotopic (exact) mass is 354 g/mol. The fraction of sp³-hybridized carbons (Fsp3) is 0.167. The van der Waals surface area contributed by atoms with Crippen molar-refractivity contribution in [1.29, 1.82) is 0 Å². The lowest BCUT2D eigenvalue weighted by atomic mass is 10.2. The van der Waals surface area contributed by atoms with Crippen LogP contribution in [0.15, 0.2) is 54.7 Å². The number of carbonyl (C=O) groups excluding carboxylic acids is 1. The highest BCUT2D eigenvalue weighted by Gasteiger charge is 2.27. The lowest BCUT2D eigenvalue weighted by Crippen LogP contribution is -2.21. The first-order valence-electron chi connectivity index (χ1n) is 7.85. The van der Waals surface area contributed by atoms with Crippen LogP contribution in [-0.2, 0) is 24.4 Å². The van der Waals surface area contributed by atoms with E-state index in [1.807, 2.05) is 47.4 Å². The number of hydrogen-bond donors (Lipinski definition) is 0. The maximum Gasteiger partial charge on any atom is 0.435 e. The molecular formula is C18H15ClN4O2. The minimum absolute atomic E-state index is 0.216. The van der Waals surface area contributed by atoms with Crippen molar-refractivity contribution in [2.75, 3.05) is 4.90 Å². The summed E-state index contributed by atoms with van der Waals surface area (Å²) >= 11 is 5.96. The standard InChI is InChI=1S/C18H15ClN4O2/c19-16-7-4-8-17(21-16)22-10-14-9-20-23(15(14)11-22)18(24)25-12-13-5-2-1-3-6-13/h1-9H,10-12H2. The minimum Gasteiger partial charge on any atom is -0.443 e. The summed E-state index contributed by atoms with van der Waals surface area (Å²) in [4.78, 5) is 18.7. The molecule has 1 aliphatic heterocycles. The predicted molar refractivity (Wildman–Crippen MR) is 93.4 cm³/mol. The molecule has 0 N–H and O–H groups in total. The predicted octanol–water partition coefficient (Wildman–Crippen LogP) is 3.64. The van der Waals surface area contributed by atoms with Crippen LogP contribution in [-0.4, -0.2) is 20.9 Å². The zero-order chi connectivity index (χ0) is 17.2. The van der Waals surface area contributed by atoms with Crippen molar-refractivity contribution in [3.05, 3.63) is 76.7 Å². The van der Waals surface area contributed by atoms with Gasteiger partial charge in [-0.3, -0.25) is 0 Å². The summed E-state index contributed by atoms with van der Waals surface area (Å²) in [5.41, 5.74) is 2.74. The van der Waals surface area contributed by atoms with Gasteiger partial charge in [0, 0.05) is 12.1 Å². The summed E-state index contributed by atoms with van der Waals surface area (Å²) < 4.78 is 6.69. The van der Waals surface area contributed by atoms with Gasteiger partial charge in [-0.2, -0.15) is 9.78 Å². The van der Waals surface area contributed by atoms with Gasteiger partial charge in [-0.15, -0.1) is 0 Å². The first-order valence-corrected chi connectivity index (χ1v) is 8.23. The molecule has 7 heteroatoms. The highest BCUT2D eigenvalue weighted by Crippen LogP contribution is 2.27. The number of anilines is 1. The Balaban J connectivity index is 1.47. The number of ether oxygens (including phenoxy) is 1. The van der Waals surface area contributed by atoms with Gasteiger partial charge in [-0.25, -0.2) is 9.78 Å². The Hall–Kier alpha value is -2.86. The highest BCUT2D eigenvalue weighted by atomic mass is 35.5. The number of nitrogens with zero attached hydrogens (tertiary/aromatic N) is 4. The smallest absolute Gasteiger partial charge is 0.435 e. The SMILES string of the molecule is O=C(OCc1ccccc1)n1ncc2c1CN(c1cccc(Cl)n1)C2. The number of benzene rings is 1. The molecule has 6 nitrogen and oxygen atoms in total. The number of pyridine rings is 1. The molecule has 1 aromatic carbocycles. The third-order valence-corrected chi connectivity index (χ3v) is 4.27. The second-order valence-corrected chi connectivity index (χ2v) is 6.13. The Kier molecular flexibility index (Phi) is 4.11. The number of rotatable bonds is 3. The van der Waals surface area contributed by atoms with Crippen molar-refractivity contribution < 1.29 is 9.53 Å². The second-order valence-electron chi connectivity index (χ2n) is 5.74. The minimum atomic E-state index is -0.481. The van der Waals surface area contributed by atoms with Crippen LogP contribution in [0.3, 0.4) is 0 Å². The molecule has 0 unspecified atom stereocenters. The van der Waals surface area contributed by atoms with Crippen molar-refractivity contribution in [3.8, 4) is 0 Å². The number of carbonyl (C=O) groups is 1. The van der Waals surface area contributed by atoms with E-state index in [1.54, 1.807) is 12.3 Å². The number of halogens is 1. The highest BCUT2D eigenvalue weighted by molar-refractivity contribution is 6.29. The molecule has 4 rings (SSSR count). The zero-order valence-corrected chi connectivity index (χ0v) is 14.1. The summed E-state index contributed by atoms with van der Waals surface area (Å²) in [6.45, 7) is 1.38. The Bertz CT molecular complexity index is 910. The third kappa shape index (κ3) is 3.21. The van der Waals surface area contributed by atoms with E-state index in [2.05, 4.69) is 10.1 Å². The second kappa shape index (κ2) is 6.57. The molecule has 0 saturated carbocycles. The fourth-order valence-corrected chi connectivity index (χ4v) is 2.98. The molecule has 0 bridgehead atoms. The Labute approximate surface area is 149 Å². The molecule has 0 fully saturated rings. The first kappa shape index (κ1) is 15.7. The van der Waals surface area contributed by atoms with Gasteiger partial charge < -0.3 is 9.64 Å². The lowest BCUT2D eigenvalue weighted by molar-refractivity contribution is 0.137. The van der Waals surface area contributed by atoms with Gasteiger partial charge in [0.1, 0.15) is 17.6 Å². The van der Waals surface area contributed by atoms with Crippen molar-refractivity contribution in [2.45, 2.75) is 19.7 Å². The molecule has 0 atom stereocenters. The quantitative estimate of drug-likeness (QED) is 0.672. The van der Waals surface area contributed by atoms with Crippen LogP contribution >= 0.6 is 11.6 Å². The average Bonchev–Trinajstić information content (AvgIpc) is 3.21. The lowest BCUT2D eigenvalue weighted by Gasteiger charge is -2.16. The van der Waals surface area contributed by atoms with Gasteiger partial charge >= 0.3 is 6.09 Å². The fourth-order valence-electron chi connectivity index (χ4n) is 2.82. The van der Waals surface area contributed by atoms with Gasteiger partial charge in [-0.1, -0.05) is 48.0 Å². The largest absolute Gasteiger partial charge is 0.443 e. The molecule has 25 heavy (non-hydrogen) atoms. The molecule has 0 aliphatic carbocycles. The van der Waals surface area contributed by atoms with Gasteiger partial charge in [0.05, 0.1) is 18.4 Å². The number of hydrogen-bond acceptors (Lipinski definition) is 5. The average molecular weight is 355 g/mol. The van der Waals surface area contributed by atoms with Crippen molar-refractivity contribution in [1.82, 2.24) is 14.8 Å². The topological polar surface area (TPSA) is 60.3 Å². The molecule has 3 heterocycles. The molecule has 3 aromatic rings. The van der Waals surface area contributed by atoms with Crippen LogP contribution in [0.4, 0.5) is 10.6 Å². The molecule has 0 amide bonds.